The van der Waals surface area contributed by atoms with Crippen molar-refractivity contribution in [3.63, 3.8) is 0 Å². The summed E-state index contributed by atoms with van der Waals surface area (Å²) in [5.41, 5.74) is 0.914. The smallest absolute Gasteiger partial charge is 0.269 e. The zero-order chi connectivity index (χ0) is 10.1. The molecule has 0 aliphatic heterocycles. The van der Waals surface area contributed by atoms with Crippen molar-refractivity contribution in [1.82, 2.24) is 15.1 Å². The van der Waals surface area contributed by atoms with Gasteiger partial charge in [0, 0.05) is 0 Å². The van der Waals surface area contributed by atoms with E-state index in [0.717, 1.165) is 15.6 Å². The predicted octanol–water partition coefficient (Wildman–Crippen LogP) is 2.55. The Bertz CT molecular complexity index is 451. The van der Waals surface area contributed by atoms with Crippen molar-refractivity contribution in [1.29, 1.82) is 0 Å². The van der Waals surface area contributed by atoms with Crippen LogP contribution in [0.2, 0.25) is 0 Å². The maximum Gasteiger partial charge on any atom is 0.269 e. The van der Waals surface area contributed by atoms with Crippen molar-refractivity contribution < 1.29 is 4.52 Å². The summed E-state index contributed by atoms with van der Waals surface area (Å²) in [6.45, 7) is 3.86. The largest absolute Gasteiger partial charge is 0.333 e. The Kier molecular flexibility index (Phi) is 2.52. The first-order valence-electron chi connectivity index (χ1n) is 4.03. The fourth-order valence-corrected chi connectivity index (χ4v) is 2.08. The highest BCUT2D eigenvalue weighted by Gasteiger charge is 2.14. The van der Waals surface area contributed by atoms with Crippen LogP contribution in [-0.4, -0.2) is 15.1 Å². The quantitative estimate of drug-likeness (QED) is 0.743. The summed E-state index contributed by atoms with van der Waals surface area (Å²) in [5.74, 6) is 1.27. The average molecular weight is 230 g/mol. The number of hydrogen-bond acceptors (Lipinski definition) is 5. The monoisotopic (exact) mass is 229 g/mol. The summed E-state index contributed by atoms with van der Waals surface area (Å²) in [6, 6.07) is 0. The first-order chi connectivity index (χ1) is 6.70. The molecular weight excluding hydrogens is 222 g/mol. The highest BCUT2D eigenvalue weighted by Crippen LogP contribution is 2.28. The van der Waals surface area contributed by atoms with Gasteiger partial charge in [-0.15, -0.1) is 22.9 Å². The summed E-state index contributed by atoms with van der Waals surface area (Å²) in [6.07, 6.45) is 0. The Hall–Kier alpha value is -0.940. The third-order valence-corrected chi connectivity index (χ3v) is 2.99. The Balaban J connectivity index is 2.43. The van der Waals surface area contributed by atoms with Crippen molar-refractivity contribution >= 4 is 22.9 Å². The topological polar surface area (TPSA) is 51.8 Å². The number of rotatable bonds is 2. The molecule has 4 nitrogen and oxygen atoms in total. The molecule has 0 N–H and O–H groups in total. The summed E-state index contributed by atoms with van der Waals surface area (Å²) >= 11 is 7.12. The van der Waals surface area contributed by atoms with Gasteiger partial charge in [0.25, 0.3) is 5.89 Å². The second-order valence-corrected chi connectivity index (χ2v) is 4.27. The molecule has 0 aromatic carbocycles. The number of nitrogens with zero attached hydrogens (tertiary/aromatic N) is 3. The van der Waals surface area contributed by atoms with Crippen LogP contribution in [0.4, 0.5) is 0 Å². The Labute approximate surface area is 89.9 Å². The van der Waals surface area contributed by atoms with Gasteiger partial charge in [-0.25, -0.2) is 4.98 Å². The standard InChI is InChI=1S/C8H8ClN3OS/c1-4-7(14-5(2)10-4)8-11-6(3-9)12-13-8/h3H2,1-2H3. The molecule has 0 unspecified atom stereocenters. The van der Waals surface area contributed by atoms with Crippen LogP contribution in [0.5, 0.6) is 0 Å². The van der Waals surface area contributed by atoms with Crippen LogP contribution in [0.1, 0.15) is 16.5 Å². The lowest BCUT2D eigenvalue weighted by molar-refractivity contribution is 0.425. The molecule has 2 aromatic rings. The highest BCUT2D eigenvalue weighted by molar-refractivity contribution is 7.15. The second-order valence-electron chi connectivity index (χ2n) is 2.80. The molecule has 0 amide bonds. The van der Waals surface area contributed by atoms with Gasteiger partial charge in [-0.05, 0) is 13.8 Å². The van der Waals surface area contributed by atoms with E-state index in [-0.39, 0.29) is 5.88 Å². The zero-order valence-electron chi connectivity index (χ0n) is 7.74. The molecule has 0 saturated heterocycles. The molecule has 0 bridgehead atoms. The number of hydrogen-bond donors (Lipinski definition) is 0. The fourth-order valence-electron chi connectivity index (χ4n) is 1.13. The van der Waals surface area contributed by atoms with Crippen LogP contribution in [0.3, 0.4) is 0 Å². The van der Waals surface area contributed by atoms with Crippen LogP contribution in [0.15, 0.2) is 4.52 Å². The molecule has 6 heteroatoms. The predicted molar refractivity (Wildman–Crippen MR) is 54.4 cm³/mol. The summed E-state index contributed by atoms with van der Waals surface area (Å²) in [5, 5.41) is 4.71. The van der Waals surface area contributed by atoms with Gasteiger partial charge in [0.2, 0.25) is 0 Å². The van der Waals surface area contributed by atoms with E-state index in [1.54, 1.807) is 11.3 Å². The van der Waals surface area contributed by atoms with E-state index in [2.05, 4.69) is 15.1 Å². The SMILES string of the molecule is Cc1nc(C)c(-c2nc(CCl)no2)s1. The first kappa shape index (κ1) is 9.61. The lowest BCUT2D eigenvalue weighted by Gasteiger charge is -1.86. The third kappa shape index (κ3) is 1.65. The Morgan fingerprint density at radius 2 is 2.14 bits per heavy atom. The van der Waals surface area contributed by atoms with Gasteiger partial charge in [0.1, 0.15) is 4.88 Å². The number of thiazole rings is 1. The average Bonchev–Trinajstić information content (AvgIpc) is 2.71. The van der Waals surface area contributed by atoms with Crippen LogP contribution >= 0.6 is 22.9 Å². The van der Waals surface area contributed by atoms with E-state index < -0.39 is 0 Å². The summed E-state index contributed by atoms with van der Waals surface area (Å²) < 4.78 is 5.06. The molecule has 2 rings (SSSR count). The van der Waals surface area contributed by atoms with Gasteiger partial charge in [0.15, 0.2) is 5.82 Å². The van der Waals surface area contributed by atoms with Crippen LogP contribution in [0.25, 0.3) is 10.8 Å². The van der Waals surface area contributed by atoms with E-state index in [0.29, 0.717) is 11.7 Å². The van der Waals surface area contributed by atoms with E-state index in [9.17, 15) is 0 Å². The van der Waals surface area contributed by atoms with E-state index in [1.807, 2.05) is 13.8 Å². The molecular formula is C8H8ClN3OS. The molecule has 0 atom stereocenters. The zero-order valence-corrected chi connectivity index (χ0v) is 9.32. The van der Waals surface area contributed by atoms with Crippen molar-refractivity contribution in [2.24, 2.45) is 0 Å². The third-order valence-electron chi connectivity index (χ3n) is 1.69. The van der Waals surface area contributed by atoms with Gasteiger partial charge < -0.3 is 4.52 Å². The molecule has 2 heterocycles. The summed E-state index contributed by atoms with van der Waals surface area (Å²) in [4.78, 5) is 9.34. The lowest BCUT2D eigenvalue weighted by Crippen LogP contribution is -1.80. The molecule has 74 valence electrons. The van der Waals surface area contributed by atoms with Crippen LogP contribution in [0, 0.1) is 13.8 Å². The van der Waals surface area contributed by atoms with Gasteiger partial charge in [-0.2, -0.15) is 4.98 Å². The first-order valence-corrected chi connectivity index (χ1v) is 5.38. The maximum absolute atomic E-state index is 5.58. The van der Waals surface area contributed by atoms with Crippen LogP contribution < -0.4 is 0 Å². The van der Waals surface area contributed by atoms with Crippen molar-refractivity contribution in [3.05, 3.63) is 16.5 Å². The molecule has 0 spiro atoms. The number of aromatic nitrogens is 3. The minimum atomic E-state index is 0.264. The lowest BCUT2D eigenvalue weighted by atomic mass is 10.4. The minimum absolute atomic E-state index is 0.264. The molecule has 0 aliphatic carbocycles. The van der Waals surface area contributed by atoms with Gasteiger partial charge in [-0.3, -0.25) is 0 Å². The van der Waals surface area contributed by atoms with E-state index in [4.69, 9.17) is 16.1 Å². The van der Waals surface area contributed by atoms with Crippen LogP contribution in [-0.2, 0) is 5.88 Å². The van der Waals surface area contributed by atoms with E-state index >= 15 is 0 Å². The normalized spacial score (nSPS) is 10.8. The molecule has 2 aromatic heterocycles. The van der Waals surface area contributed by atoms with Gasteiger partial charge in [-0.1, -0.05) is 5.16 Å². The van der Waals surface area contributed by atoms with Crippen molar-refractivity contribution in [3.8, 4) is 10.8 Å². The summed E-state index contributed by atoms with van der Waals surface area (Å²) in [7, 11) is 0. The van der Waals surface area contributed by atoms with Crippen molar-refractivity contribution in [2.45, 2.75) is 19.7 Å². The molecule has 0 radical (unpaired) electrons. The second kappa shape index (κ2) is 3.67. The van der Waals surface area contributed by atoms with Gasteiger partial charge >= 0.3 is 0 Å². The number of alkyl halides is 1. The molecule has 0 fully saturated rings. The number of halogens is 1. The molecule has 0 saturated carbocycles. The highest BCUT2D eigenvalue weighted by atomic mass is 35.5. The van der Waals surface area contributed by atoms with Crippen molar-refractivity contribution in [2.75, 3.05) is 0 Å². The minimum Gasteiger partial charge on any atom is -0.333 e. The maximum atomic E-state index is 5.58. The Morgan fingerprint density at radius 3 is 2.64 bits per heavy atom. The molecule has 14 heavy (non-hydrogen) atoms. The number of aryl methyl sites for hydroxylation is 2. The Morgan fingerprint density at radius 1 is 1.36 bits per heavy atom. The fraction of sp³-hybridized carbons (Fsp3) is 0.375. The van der Waals surface area contributed by atoms with E-state index in [1.165, 1.54) is 0 Å². The van der Waals surface area contributed by atoms with Gasteiger partial charge in [0.05, 0.1) is 16.6 Å². The molecule has 0 aliphatic rings.